The second-order valence-corrected chi connectivity index (χ2v) is 7.59. The summed E-state index contributed by atoms with van der Waals surface area (Å²) in [6.45, 7) is 3.70. The van der Waals surface area contributed by atoms with Crippen LogP contribution < -0.4 is 5.32 Å². The van der Waals surface area contributed by atoms with Gasteiger partial charge in [0.1, 0.15) is 5.01 Å². The third-order valence-electron chi connectivity index (χ3n) is 4.53. The number of benzene rings is 2. The van der Waals surface area contributed by atoms with E-state index in [1.807, 2.05) is 54.8 Å². The van der Waals surface area contributed by atoms with E-state index in [0.29, 0.717) is 5.69 Å². The van der Waals surface area contributed by atoms with Gasteiger partial charge in [0.2, 0.25) is 0 Å². The highest BCUT2D eigenvalue weighted by molar-refractivity contribution is 7.13. The Morgan fingerprint density at radius 3 is 2.52 bits per heavy atom. The standard InChI is InChI=1S/C23H24N2O3S/c1-3-17-9-11-19(12-10-17)23-25-20(15-29-23)13-22(27)28-14-21(26)24-16(2)18-7-5-4-6-8-18/h4-12,15-16H,3,13-14H2,1-2H3,(H,24,26)/t16-/m1/s1. The van der Waals surface area contributed by atoms with Crippen LogP contribution in [0.15, 0.2) is 60.0 Å². The van der Waals surface area contributed by atoms with Crippen LogP contribution in [0.3, 0.4) is 0 Å². The number of nitrogens with one attached hydrogen (secondary N) is 1. The molecule has 1 N–H and O–H groups in total. The molecule has 29 heavy (non-hydrogen) atoms. The van der Waals surface area contributed by atoms with E-state index in [1.54, 1.807) is 0 Å². The maximum atomic E-state index is 12.1. The summed E-state index contributed by atoms with van der Waals surface area (Å²) in [5.41, 5.74) is 3.94. The summed E-state index contributed by atoms with van der Waals surface area (Å²) in [5, 5.41) is 5.54. The number of ether oxygens (including phenoxy) is 1. The molecule has 1 heterocycles. The van der Waals surface area contributed by atoms with Gasteiger partial charge in [-0.25, -0.2) is 4.98 Å². The van der Waals surface area contributed by atoms with E-state index in [4.69, 9.17) is 4.74 Å². The van der Waals surface area contributed by atoms with Crippen LogP contribution in [0.1, 0.15) is 36.7 Å². The first-order valence-corrected chi connectivity index (χ1v) is 10.5. The molecule has 0 saturated heterocycles. The van der Waals surface area contributed by atoms with Gasteiger partial charge in [-0.3, -0.25) is 9.59 Å². The lowest BCUT2D eigenvalue weighted by molar-refractivity contribution is -0.148. The molecule has 6 heteroatoms. The van der Waals surface area contributed by atoms with Gasteiger partial charge in [0, 0.05) is 10.9 Å². The third-order valence-corrected chi connectivity index (χ3v) is 5.47. The van der Waals surface area contributed by atoms with Gasteiger partial charge in [-0.15, -0.1) is 11.3 Å². The van der Waals surface area contributed by atoms with Crippen LogP contribution in [-0.2, 0) is 27.2 Å². The summed E-state index contributed by atoms with van der Waals surface area (Å²) < 4.78 is 5.10. The summed E-state index contributed by atoms with van der Waals surface area (Å²) in [6.07, 6.45) is 1.04. The summed E-state index contributed by atoms with van der Waals surface area (Å²) in [7, 11) is 0. The SMILES string of the molecule is CCc1ccc(-c2nc(CC(=O)OCC(=O)N[C@H](C)c3ccccc3)cs2)cc1. The number of rotatable bonds is 8. The lowest BCUT2D eigenvalue weighted by Crippen LogP contribution is -2.31. The van der Waals surface area contributed by atoms with Crippen molar-refractivity contribution in [1.29, 1.82) is 0 Å². The Morgan fingerprint density at radius 2 is 1.83 bits per heavy atom. The number of hydrogen-bond acceptors (Lipinski definition) is 5. The van der Waals surface area contributed by atoms with Gasteiger partial charge in [0.25, 0.3) is 5.91 Å². The zero-order valence-electron chi connectivity index (χ0n) is 16.6. The lowest BCUT2D eigenvalue weighted by atomic mass is 10.1. The zero-order chi connectivity index (χ0) is 20.6. The Hall–Kier alpha value is -2.99. The Morgan fingerprint density at radius 1 is 1.10 bits per heavy atom. The van der Waals surface area contributed by atoms with Crippen LogP contribution in [0, 0.1) is 0 Å². The first kappa shape index (κ1) is 20.7. The van der Waals surface area contributed by atoms with Crippen LogP contribution in [0.5, 0.6) is 0 Å². The minimum absolute atomic E-state index is 0.0467. The number of carbonyl (C=O) groups excluding carboxylic acids is 2. The fourth-order valence-electron chi connectivity index (χ4n) is 2.86. The first-order valence-electron chi connectivity index (χ1n) is 9.58. The monoisotopic (exact) mass is 408 g/mol. The van der Waals surface area contributed by atoms with Crippen molar-refractivity contribution >= 4 is 23.2 Å². The van der Waals surface area contributed by atoms with Crippen LogP contribution >= 0.6 is 11.3 Å². The molecule has 2 aromatic carbocycles. The molecule has 0 bridgehead atoms. The van der Waals surface area contributed by atoms with Gasteiger partial charge >= 0.3 is 5.97 Å². The van der Waals surface area contributed by atoms with Crippen LogP contribution in [0.4, 0.5) is 0 Å². The molecule has 0 radical (unpaired) electrons. The predicted octanol–water partition coefficient (Wildman–Crippen LogP) is 4.34. The highest BCUT2D eigenvalue weighted by atomic mass is 32.1. The maximum absolute atomic E-state index is 12.1. The molecular formula is C23H24N2O3S. The Bertz CT molecular complexity index is 952. The summed E-state index contributed by atoms with van der Waals surface area (Å²) >= 11 is 1.49. The van der Waals surface area contributed by atoms with Crippen molar-refractivity contribution in [2.45, 2.75) is 32.7 Å². The van der Waals surface area contributed by atoms with Crippen LogP contribution in [0.25, 0.3) is 10.6 Å². The first-order chi connectivity index (χ1) is 14.0. The molecule has 0 spiro atoms. The molecule has 150 valence electrons. The fraction of sp³-hybridized carbons (Fsp3) is 0.261. The number of aryl methyl sites for hydroxylation is 1. The normalized spacial score (nSPS) is 11.7. The van der Waals surface area contributed by atoms with Crippen molar-refractivity contribution in [3.63, 3.8) is 0 Å². The smallest absolute Gasteiger partial charge is 0.312 e. The summed E-state index contributed by atoms with van der Waals surface area (Å²) in [4.78, 5) is 28.6. The molecule has 5 nitrogen and oxygen atoms in total. The van der Waals surface area contributed by atoms with Gasteiger partial charge in [0.05, 0.1) is 18.2 Å². The van der Waals surface area contributed by atoms with Crippen LogP contribution in [-0.4, -0.2) is 23.5 Å². The maximum Gasteiger partial charge on any atom is 0.312 e. The van der Waals surface area contributed by atoms with Crippen molar-refractivity contribution in [2.75, 3.05) is 6.61 Å². The predicted molar refractivity (Wildman–Crippen MR) is 115 cm³/mol. The fourth-order valence-corrected chi connectivity index (χ4v) is 3.68. The van der Waals surface area contributed by atoms with Gasteiger partial charge in [0.15, 0.2) is 6.61 Å². The van der Waals surface area contributed by atoms with E-state index in [0.717, 1.165) is 22.6 Å². The molecular weight excluding hydrogens is 384 g/mol. The minimum Gasteiger partial charge on any atom is -0.455 e. The molecule has 0 saturated carbocycles. The van der Waals surface area contributed by atoms with Crippen molar-refractivity contribution < 1.29 is 14.3 Å². The van der Waals surface area contributed by atoms with E-state index in [-0.39, 0.29) is 25.0 Å². The Kier molecular flexibility index (Phi) is 7.14. The molecule has 0 unspecified atom stereocenters. The van der Waals surface area contributed by atoms with E-state index in [9.17, 15) is 9.59 Å². The number of amides is 1. The van der Waals surface area contributed by atoms with E-state index in [2.05, 4.69) is 29.4 Å². The van der Waals surface area contributed by atoms with Gasteiger partial charge in [-0.2, -0.15) is 0 Å². The number of carbonyl (C=O) groups is 2. The van der Waals surface area contributed by atoms with Gasteiger partial charge in [-0.05, 0) is 24.5 Å². The molecule has 0 aliphatic heterocycles. The highest BCUT2D eigenvalue weighted by Gasteiger charge is 2.14. The molecule has 0 aliphatic rings. The molecule has 1 amide bonds. The topological polar surface area (TPSA) is 68.3 Å². The number of thiazole rings is 1. The van der Waals surface area contributed by atoms with E-state index < -0.39 is 5.97 Å². The van der Waals surface area contributed by atoms with Gasteiger partial charge < -0.3 is 10.1 Å². The number of hydrogen-bond donors (Lipinski definition) is 1. The summed E-state index contributed by atoms with van der Waals surface area (Å²) in [5.74, 6) is -0.796. The molecule has 1 aromatic heterocycles. The largest absolute Gasteiger partial charge is 0.455 e. The highest BCUT2D eigenvalue weighted by Crippen LogP contribution is 2.24. The molecule has 1 atom stereocenters. The lowest BCUT2D eigenvalue weighted by Gasteiger charge is -2.14. The van der Waals surface area contributed by atoms with Crippen LogP contribution in [0.2, 0.25) is 0 Å². The Labute approximate surface area is 174 Å². The molecule has 3 aromatic rings. The number of nitrogens with zero attached hydrogens (tertiary/aromatic N) is 1. The van der Waals surface area contributed by atoms with Crippen molar-refractivity contribution in [2.24, 2.45) is 0 Å². The number of esters is 1. The van der Waals surface area contributed by atoms with Crippen molar-refractivity contribution in [3.8, 4) is 10.6 Å². The van der Waals surface area contributed by atoms with E-state index in [1.165, 1.54) is 16.9 Å². The Balaban J connectivity index is 1.47. The van der Waals surface area contributed by atoms with E-state index >= 15 is 0 Å². The number of aromatic nitrogens is 1. The average molecular weight is 409 g/mol. The molecule has 0 fully saturated rings. The van der Waals surface area contributed by atoms with Crippen molar-refractivity contribution in [1.82, 2.24) is 10.3 Å². The quantitative estimate of drug-likeness (QED) is 0.563. The van der Waals surface area contributed by atoms with Crippen molar-refractivity contribution in [3.05, 3.63) is 76.8 Å². The average Bonchev–Trinajstić information content (AvgIpc) is 3.21. The second-order valence-electron chi connectivity index (χ2n) is 6.73. The van der Waals surface area contributed by atoms with Gasteiger partial charge in [-0.1, -0.05) is 61.5 Å². The molecule has 0 aliphatic carbocycles. The summed E-state index contributed by atoms with van der Waals surface area (Å²) in [6, 6.07) is 17.7. The zero-order valence-corrected chi connectivity index (χ0v) is 17.4. The third kappa shape index (κ3) is 5.99. The second kappa shape index (κ2) is 9.98. The minimum atomic E-state index is -0.467. The molecule has 3 rings (SSSR count).